The van der Waals surface area contributed by atoms with Crippen LogP contribution in [0, 0.1) is 19.8 Å². The monoisotopic (exact) mass is 357 g/mol. The highest BCUT2D eigenvalue weighted by atomic mass is 16.1. The molecule has 8 heteroatoms. The van der Waals surface area contributed by atoms with Gasteiger partial charge >= 0.3 is 5.95 Å². The predicted octanol–water partition coefficient (Wildman–Crippen LogP) is 1.28. The number of hydrogen-bond acceptors (Lipinski definition) is 5. The second-order valence-electron chi connectivity index (χ2n) is 6.59. The number of amides is 2. The highest BCUT2D eigenvalue weighted by Gasteiger charge is 2.26. The summed E-state index contributed by atoms with van der Waals surface area (Å²) in [5.74, 6) is -0.548. The maximum Gasteiger partial charge on any atom is 0.391 e. The minimum absolute atomic E-state index is 0.0331. The van der Waals surface area contributed by atoms with E-state index in [1.807, 2.05) is 45.9 Å². The number of carbonyl (C=O) groups excluding carboxylic acids is 2. The van der Waals surface area contributed by atoms with E-state index >= 15 is 0 Å². The van der Waals surface area contributed by atoms with Gasteiger partial charge in [-0.05, 0) is 31.4 Å². The first-order valence-corrected chi connectivity index (χ1v) is 8.31. The zero-order valence-electron chi connectivity index (χ0n) is 15.4. The van der Waals surface area contributed by atoms with Crippen molar-refractivity contribution in [3.05, 3.63) is 41.1 Å². The molecule has 2 aromatic rings. The first kappa shape index (κ1) is 19.2. The van der Waals surface area contributed by atoms with Crippen molar-refractivity contribution in [2.75, 3.05) is 10.6 Å². The normalized spacial score (nSPS) is 11.9. The molecular weight excluding hydrogens is 332 g/mol. The van der Waals surface area contributed by atoms with Crippen LogP contribution in [0.1, 0.15) is 35.3 Å². The Bertz CT molecular complexity index is 834. The van der Waals surface area contributed by atoms with Gasteiger partial charge < -0.3 is 16.8 Å². The molecule has 0 bridgehead atoms. The van der Waals surface area contributed by atoms with E-state index in [0.29, 0.717) is 5.95 Å². The standard InChI is InChI=1S/C18H24N6O2/c1-9(2)14(16(20)26)23-18-21-8-12(15(19)25)17(24-18)22-13-6-5-10(3)7-11(13)4/h5-9,14H,1-4H3,(H2,19,25)(H2,20,26)(H2,21,22,23,24)/p+1. The number of aromatic nitrogens is 2. The van der Waals surface area contributed by atoms with Crippen LogP contribution in [0.15, 0.2) is 24.4 Å². The van der Waals surface area contributed by atoms with Gasteiger partial charge in [0.1, 0.15) is 5.56 Å². The summed E-state index contributed by atoms with van der Waals surface area (Å²) in [6.45, 7) is 7.69. The van der Waals surface area contributed by atoms with Crippen LogP contribution in [0.5, 0.6) is 0 Å². The van der Waals surface area contributed by atoms with Gasteiger partial charge in [-0.1, -0.05) is 36.5 Å². The Kier molecular flexibility index (Phi) is 5.76. The molecule has 0 fully saturated rings. The summed E-state index contributed by atoms with van der Waals surface area (Å²) in [6, 6.07) is 5.27. The molecule has 7 N–H and O–H groups in total. The Hall–Kier alpha value is -3.16. The molecule has 0 aliphatic heterocycles. The van der Waals surface area contributed by atoms with Gasteiger partial charge in [-0.2, -0.15) is 0 Å². The number of nitrogens with two attached hydrogens (primary N) is 2. The molecule has 1 aromatic heterocycles. The zero-order valence-corrected chi connectivity index (χ0v) is 15.4. The van der Waals surface area contributed by atoms with E-state index in [2.05, 4.69) is 20.6 Å². The molecule has 1 atom stereocenters. The van der Waals surface area contributed by atoms with Gasteiger partial charge in [0.15, 0.2) is 6.04 Å². The second kappa shape index (κ2) is 7.81. The van der Waals surface area contributed by atoms with Crippen molar-refractivity contribution in [1.82, 2.24) is 4.98 Å². The number of aromatic amines is 1. The smallest absolute Gasteiger partial charge is 0.367 e. The summed E-state index contributed by atoms with van der Waals surface area (Å²) in [5, 5.41) is 6.09. The highest BCUT2D eigenvalue weighted by molar-refractivity contribution is 5.97. The Morgan fingerprint density at radius 2 is 1.88 bits per heavy atom. The molecule has 2 rings (SSSR count). The van der Waals surface area contributed by atoms with Gasteiger partial charge in [-0.15, -0.1) is 0 Å². The first-order chi connectivity index (χ1) is 12.2. The van der Waals surface area contributed by atoms with Crippen molar-refractivity contribution in [3.8, 4) is 0 Å². The van der Waals surface area contributed by atoms with Gasteiger partial charge in [-0.3, -0.25) is 14.9 Å². The molecule has 8 nitrogen and oxygen atoms in total. The van der Waals surface area contributed by atoms with Gasteiger partial charge in [0.25, 0.3) is 11.8 Å². The van der Waals surface area contributed by atoms with Crippen LogP contribution < -0.4 is 27.1 Å². The Balaban J connectivity index is 2.39. The largest absolute Gasteiger partial charge is 0.391 e. The summed E-state index contributed by atoms with van der Waals surface area (Å²) in [5.41, 5.74) is 14.0. The van der Waals surface area contributed by atoms with E-state index in [1.165, 1.54) is 6.20 Å². The van der Waals surface area contributed by atoms with E-state index in [9.17, 15) is 9.59 Å². The van der Waals surface area contributed by atoms with Crippen molar-refractivity contribution < 1.29 is 14.6 Å². The number of rotatable bonds is 7. The lowest BCUT2D eigenvalue weighted by Gasteiger charge is -2.15. The molecule has 1 unspecified atom stereocenters. The maximum atomic E-state index is 11.7. The van der Waals surface area contributed by atoms with Gasteiger partial charge in [0.05, 0.1) is 6.20 Å². The van der Waals surface area contributed by atoms with Crippen LogP contribution in [0.2, 0.25) is 0 Å². The summed E-state index contributed by atoms with van der Waals surface area (Å²) >= 11 is 0. The average molecular weight is 357 g/mol. The van der Waals surface area contributed by atoms with Crippen molar-refractivity contribution in [2.45, 2.75) is 33.7 Å². The maximum absolute atomic E-state index is 11.7. The molecule has 0 aliphatic rings. The van der Waals surface area contributed by atoms with Crippen LogP contribution in [0.3, 0.4) is 0 Å². The molecule has 138 valence electrons. The molecule has 0 aliphatic carbocycles. The number of aryl methyl sites for hydroxylation is 2. The molecule has 0 saturated carbocycles. The van der Waals surface area contributed by atoms with E-state index in [-0.39, 0.29) is 17.3 Å². The molecule has 26 heavy (non-hydrogen) atoms. The second-order valence-corrected chi connectivity index (χ2v) is 6.59. The highest BCUT2D eigenvalue weighted by Crippen LogP contribution is 2.23. The fraction of sp³-hybridized carbons (Fsp3) is 0.333. The Morgan fingerprint density at radius 1 is 1.19 bits per heavy atom. The number of benzene rings is 1. The number of H-pyrrole nitrogens is 1. The number of anilines is 3. The number of nitrogens with zero attached hydrogens (tertiary/aromatic N) is 1. The van der Waals surface area contributed by atoms with E-state index < -0.39 is 17.9 Å². The molecule has 0 spiro atoms. The van der Waals surface area contributed by atoms with Crippen LogP contribution in [0.25, 0.3) is 0 Å². The SMILES string of the molecule is Cc1ccc(Nc2nc(NC(C(N)=O)C(C)C)[nH+]cc2C(N)=O)c(C)c1. The van der Waals surface area contributed by atoms with Crippen molar-refractivity contribution >= 4 is 29.3 Å². The predicted molar refractivity (Wildman–Crippen MR) is 100.0 cm³/mol. The van der Waals surface area contributed by atoms with Crippen LogP contribution >= 0.6 is 0 Å². The minimum atomic E-state index is -0.622. The average Bonchev–Trinajstić information content (AvgIpc) is 2.54. The van der Waals surface area contributed by atoms with Crippen molar-refractivity contribution in [1.29, 1.82) is 0 Å². The lowest BCUT2D eigenvalue weighted by molar-refractivity contribution is -0.365. The topological polar surface area (TPSA) is 137 Å². The third-order valence-electron chi connectivity index (χ3n) is 4.00. The van der Waals surface area contributed by atoms with E-state index in [0.717, 1.165) is 16.8 Å². The molecule has 2 amide bonds. The van der Waals surface area contributed by atoms with Crippen molar-refractivity contribution in [2.24, 2.45) is 17.4 Å². The molecule has 0 radical (unpaired) electrons. The van der Waals surface area contributed by atoms with Crippen LogP contribution in [0.4, 0.5) is 17.5 Å². The summed E-state index contributed by atoms with van der Waals surface area (Å²) in [4.78, 5) is 30.5. The van der Waals surface area contributed by atoms with Gasteiger partial charge in [-0.25, -0.2) is 4.98 Å². The van der Waals surface area contributed by atoms with E-state index in [1.54, 1.807) is 0 Å². The third-order valence-corrected chi connectivity index (χ3v) is 4.00. The lowest BCUT2D eigenvalue weighted by Crippen LogP contribution is -2.41. The Morgan fingerprint density at radius 3 is 2.42 bits per heavy atom. The van der Waals surface area contributed by atoms with Gasteiger partial charge in [0.2, 0.25) is 5.82 Å². The summed E-state index contributed by atoms with van der Waals surface area (Å²) < 4.78 is 0. The van der Waals surface area contributed by atoms with Crippen molar-refractivity contribution in [3.63, 3.8) is 0 Å². The fourth-order valence-corrected chi connectivity index (χ4v) is 2.57. The van der Waals surface area contributed by atoms with Crippen LogP contribution in [-0.4, -0.2) is 22.8 Å². The first-order valence-electron chi connectivity index (χ1n) is 8.31. The summed E-state index contributed by atoms with van der Waals surface area (Å²) in [7, 11) is 0. The quantitative estimate of drug-likeness (QED) is 0.591. The number of carbonyl (C=O) groups is 2. The number of hydrogen-bond donors (Lipinski definition) is 4. The lowest BCUT2D eigenvalue weighted by atomic mass is 10.0. The molecular formula is C18H25N6O2+. The molecule has 1 heterocycles. The Labute approximate surface area is 152 Å². The van der Waals surface area contributed by atoms with Gasteiger partial charge in [0, 0.05) is 5.69 Å². The number of primary amides is 2. The third kappa shape index (κ3) is 4.47. The molecule has 1 aromatic carbocycles. The van der Waals surface area contributed by atoms with Crippen LogP contribution in [-0.2, 0) is 4.79 Å². The fourth-order valence-electron chi connectivity index (χ4n) is 2.57. The zero-order chi connectivity index (χ0) is 19.4. The number of nitrogens with one attached hydrogen (secondary N) is 3. The van der Waals surface area contributed by atoms with E-state index in [4.69, 9.17) is 11.5 Å². The molecule has 0 saturated heterocycles. The summed E-state index contributed by atoms with van der Waals surface area (Å²) in [6.07, 6.45) is 1.45. The minimum Gasteiger partial charge on any atom is -0.367 e.